The average Bonchev–Trinajstić information content (AvgIpc) is 2.90. The molecule has 0 aromatic carbocycles. The van der Waals surface area contributed by atoms with Crippen molar-refractivity contribution in [1.29, 1.82) is 0 Å². The fourth-order valence-electron chi connectivity index (χ4n) is 2.59. The topological polar surface area (TPSA) is 41.6 Å². The molecule has 2 heterocycles. The molecule has 1 fully saturated rings. The van der Waals surface area contributed by atoms with Gasteiger partial charge in [-0.15, -0.1) is 11.3 Å². The van der Waals surface area contributed by atoms with Crippen LogP contribution in [0, 0.1) is 8.80 Å². The standard InChI is InChI=1S/C15H23IN2O2S/c1-11(2)7-13(18-3-5-20-6-4-18)9-17-15(19)12-8-14(16)21-10-12/h8,10-11,13H,3-7,9H2,1-2H3,(H,17,19). The van der Waals surface area contributed by atoms with E-state index in [0.717, 1.165) is 41.2 Å². The maximum atomic E-state index is 12.2. The predicted octanol–water partition coefficient (Wildman–Crippen LogP) is 2.83. The fraction of sp³-hybridized carbons (Fsp3) is 0.667. The van der Waals surface area contributed by atoms with E-state index < -0.39 is 0 Å². The van der Waals surface area contributed by atoms with Crippen LogP contribution in [0.15, 0.2) is 11.4 Å². The summed E-state index contributed by atoms with van der Waals surface area (Å²) in [6, 6.07) is 2.34. The molecular weight excluding hydrogens is 399 g/mol. The Morgan fingerprint density at radius 3 is 2.76 bits per heavy atom. The number of nitrogens with zero attached hydrogens (tertiary/aromatic N) is 1. The Balaban J connectivity index is 1.90. The highest BCUT2D eigenvalue weighted by Crippen LogP contribution is 2.17. The number of amides is 1. The van der Waals surface area contributed by atoms with Gasteiger partial charge < -0.3 is 10.1 Å². The van der Waals surface area contributed by atoms with Gasteiger partial charge in [-0.25, -0.2) is 0 Å². The molecule has 1 unspecified atom stereocenters. The van der Waals surface area contributed by atoms with Gasteiger partial charge in [0.15, 0.2) is 0 Å². The molecule has 1 atom stereocenters. The first-order valence-electron chi connectivity index (χ1n) is 7.40. The van der Waals surface area contributed by atoms with E-state index in [1.54, 1.807) is 11.3 Å². The number of hydrogen-bond donors (Lipinski definition) is 1. The second kappa shape index (κ2) is 8.45. The first-order chi connectivity index (χ1) is 10.1. The Morgan fingerprint density at radius 2 is 2.19 bits per heavy atom. The minimum Gasteiger partial charge on any atom is -0.379 e. The summed E-state index contributed by atoms with van der Waals surface area (Å²) in [6.07, 6.45) is 1.10. The molecule has 0 bridgehead atoms. The molecule has 21 heavy (non-hydrogen) atoms. The molecule has 0 spiro atoms. The van der Waals surface area contributed by atoms with Gasteiger partial charge in [0.2, 0.25) is 0 Å². The molecule has 1 amide bonds. The molecule has 0 radical (unpaired) electrons. The summed E-state index contributed by atoms with van der Waals surface area (Å²) < 4.78 is 6.57. The molecule has 6 heteroatoms. The van der Waals surface area contributed by atoms with Crippen molar-refractivity contribution in [3.63, 3.8) is 0 Å². The van der Waals surface area contributed by atoms with Crippen molar-refractivity contribution in [1.82, 2.24) is 10.2 Å². The minimum atomic E-state index is 0.0381. The molecule has 1 aromatic heterocycles. The molecule has 1 aromatic rings. The van der Waals surface area contributed by atoms with E-state index in [2.05, 4.69) is 46.7 Å². The third-order valence-electron chi connectivity index (χ3n) is 3.63. The van der Waals surface area contributed by atoms with E-state index in [1.165, 1.54) is 0 Å². The van der Waals surface area contributed by atoms with Gasteiger partial charge in [0.25, 0.3) is 5.91 Å². The second-order valence-electron chi connectivity index (χ2n) is 5.78. The summed E-state index contributed by atoms with van der Waals surface area (Å²) in [6.45, 7) is 8.69. The third-order valence-corrected chi connectivity index (χ3v) is 5.42. The van der Waals surface area contributed by atoms with Crippen LogP contribution in [-0.2, 0) is 4.74 Å². The molecule has 4 nitrogen and oxygen atoms in total. The van der Waals surface area contributed by atoms with E-state index >= 15 is 0 Å². The lowest BCUT2D eigenvalue weighted by Gasteiger charge is -2.35. The Hall–Kier alpha value is -0.180. The molecule has 1 aliphatic heterocycles. The van der Waals surface area contributed by atoms with Crippen LogP contribution in [0.1, 0.15) is 30.6 Å². The Labute approximate surface area is 144 Å². The normalized spacial score (nSPS) is 17.9. The molecular formula is C15H23IN2O2S. The third kappa shape index (κ3) is 5.50. The Bertz CT molecular complexity index is 458. The van der Waals surface area contributed by atoms with Crippen LogP contribution in [0.3, 0.4) is 0 Å². The largest absolute Gasteiger partial charge is 0.379 e. The average molecular weight is 422 g/mol. The summed E-state index contributed by atoms with van der Waals surface area (Å²) in [4.78, 5) is 14.6. The maximum Gasteiger partial charge on any atom is 0.252 e. The Morgan fingerprint density at radius 1 is 1.48 bits per heavy atom. The number of thiophene rings is 1. The highest BCUT2D eigenvalue weighted by molar-refractivity contribution is 14.1. The van der Waals surface area contributed by atoms with Crippen molar-refractivity contribution in [2.75, 3.05) is 32.8 Å². The van der Waals surface area contributed by atoms with Gasteiger partial charge in [-0.3, -0.25) is 9.69 Å². The smallest absolute Gasteiger partial charge is 0.252 e. The first-order valence-corrected chi connectivity index (χ1v) is 9.36. The van der Waals surface area contributed by atoms with Gasteiger partial charge in [-0.05, 0) is 41.0 Å². The van der Waals surface area contributed by atoms with Crippen LogP contribution in [0.5, 0.6) is 0 Å². The van der Waals surface area contributed by atoms with Gasteiger partial charge in [-0.1, -0.05) is 13.8 Å². The van der Waals surface area contributed by atoms with Crippen LogP contribution in [0.25, 0.3) is 0 Å². The van der Waals surface area contributed by atoms with E-state index in [-0.39, 0.29) is 5.91 Å². The number of ether oxygens (including phenoxy) is 1. The summed E-state index contributed by atoms with van der Waals surface area (Å²) in [7, 11) is 0. The highest BCUT2D eigenvalue weighted by Gasteiger charge is 2.22. The second-order valence-corrected chi connectivity index (χ2v) is 8.59. The van der Waals surface area contributed by atoms with Crippen molar-refractivity contribution < 1.29 is 9.53 Å². The molecule has 1 aliphatic rings. The number of carbonyl (C=O) groups is 1. The lowest BCUT2D eigenvalue weighted by Crippen LogP contribution is -2.49. The van der Waals surface area contributed by atoms with Crippen molar-refractivity contribution >= 4 is 39.8 Å². The van der Waals surface area contributed by atoms with Crippen LogP contribution in [-0.4, -0.2) is 49.7 Å². The predicted molar refractivity (Wildman–Crippen MR) is 95.0 cm³/mol. The summed E-state index contributed by atoms with van der Waals surface area (Å²) in [5.74, 6) is 0.660. The Kier molecular flexibility index (Phi) is 6.91. The minimum absolute atomic E-state index is 0.0381. The van der Waals surface area contributed by atoms with Gasteiger partial charge in [0.1, 0.15) is 0 Å². The van der Waals surface area contributed by atoms with Crippen LogP contribution < -0.4 is 5.32 Å². The number of carbonyl (C=O) groups excluding carboxylic acids is 1. The summed E-state index contributed by atoms with van der Waals surface area (Å²) >= 11 is 3.85. The number of nitrogens with one attached hydrogen (secondary N) is 1. The van der Waals surface area contributed by atoms with Crippen molar-refractivity contribution in [3.8, 4) is 0 Å². The van der Waals surface area contributed by atoms with Gasteiger partial charge in [0.05, 0.1) is 21.7 Å². The van der Waals surface area contributed by atoms with Crippen LogP contribution >= 0.6 is 33.9 Å². The van der Waals surface area contributed by atoms with E-state index in [9.17, 15) is 4.79 Å². The number of morpholine rings is 1. The fourth-order valence-corrected chi connectivity index (χ4v) is 3.92. The molecule has 1 saturated heterocycles. The number of halogens is 1. The lowest BCUT2D eigenvalue weighted by atomic mass is 10.0. The number of rotatable bonds is 6. The van der Waals surface area contributed by atoms with Gasteiger partial charge in [-0.2, -0.15) is 0 Å². The molecule has 1 N–H and O–H groups in total. The van der Waals surface area contributed by atoms with E-state index in [1.807, 2.05) is 11.4 Å². The maximum absolute atomic E-state index is 12.2. The first kappa shape index (κ1) is 17.2. The van der Waals surface area contributed by atoms with Gasteiger partial charge in [0, 0.05) is 31.1 Å². The highest BCUT2D eigenvalue weighted by atomic mass is 127. The van der Waals surface area contributed by atoms with Crippen molar-refractivity contribution in [2.45, 2.75) is 26.3 Å². The lowest BCUT2D eigenvalue weighted by molar-refractivity contribution is 0.0124. The van der Waals surface area contributed by atoms with Crippen molar-refractivity contribution in [2.24, 2.45) is 5.92 Å². The monoisotopic (exact) mass is 422 g/mol. The zero-order valence-corrected chi connectivity index (χ0v) is 15.6. The molecule has 0 saturated carbocycles. The van der Waals surface area contributed by atoms with Gasteiger partial charge >= 0.3 is 0 Å². The zero-order valence-electron chi connectivity index (χ0n) is 12.6. The van der Waals surface area contributed by atoms with E-state index in [0.29, 0.717) is 18.5 Å². The zero-order chi connectivity index (χ0) is 15.2. The molecule has 2 rings (SSSR count). The van der Waals surface area contributed by atoms with E-state index in [4.69, 9.17) is 4.74 Å². The van der Waals surface area contributed by atoms with Crippen LogP contribution in [0.2, 0.25) is 0 Å². The SMILES string of the molecule is CC(C)CC(CNC(=O)c1csc(I)c1)N1CCOCC1. The summed E-state index contributed by atoms with van der Waals surface area (Å²) in [5, 5.41) is 5.02. The molecule has 0 aliphatic carbocycles. The quantitative estimate of drug-likeness (QED) is 0.717. The molecule has 118 valence electrons. The van der Waals surface area contributed by atoms with Crippen LogP contribution in [0.4, 0.5) is 0 Å². The summed E-state index contributed by atoms with van der Waals surface area (Å²) in [5.41, 5.74) is 0.773. The van der Waals surface area contributed by atoms with Crippen molar-refractivity contribution in [3.05, 3.63) is 19.9 Å². The number of hydrogen-bond acceptors (Lipinski definition) is 4.